The lowest BCUT2D eigenvalue weighted by atomic mass is 10.2. The fraction of sp³-hybridized carbons (Fsp3) is 0.133. The second-order valence-electron chi connectivity index (χ2n) is 4.21. The molecule has 2 aromatic carbocycles. The fourth-order valence-corrected chi connectivity index (χ4v) is 2.01. The van der Waals surface area contributed by atoms with Gasteiger partial charge in [-0.2, -0.15) is 8.78 Å². The number of rotatable bonds is 5. The summed E-state index contributed by atoms with van der Waals surface area (Å²) in [6.07, 6.45) is 0. The van der Waals surface area contributed by atoms with Crippen molar-refractivity contribution < 1.29 is 23.0 Å². The highest BCUT2D eigenvalue weighted by molar-refractivity contribution is 9.10. The van der Waals surface area contributed by atoms with Gasteiger partial charge in [-0.05, 0) is 36.4 Å². The zero-order valence-electron chi connectivity index (χ0n) is 11.5. The summed E-state index contributed by atoms with van der Waals surface area (Å²) in [7, 11) is 1.34. The molecule has 0 aromatic heterocycles. The van der Waals surface area contributed by atoms with Crippen LogP contribution in [0, 0.1) is 0 Å². The molecule has 7 heteroatoms. The van der Waals surface area contributed by atoms with E-state index in [4.69, 9.17) is 4.74 Å². The molecule has 0 aliphatic heterocycles. The van der Waals surface area contributed by atoms with Gasteiger partial charge in [0.15, 0.2) is 11.5 Å². The number of carbonyl (C=O) groups is 1. The minimum Gasteiger partial charge on any atom is -0.493 e. The molecule has 0 unspecified atom stereocenters. The van der Waals surface area contributed by atoms with Crippen molar-refractivity contribution in [2.45, 2.75) is 6.61 Å². The summed E-state index contributed by atoms with van der Waals surface area (Å²) in [5, 5.41) is 2.61. The van der Waals surface area contributed by atoms with Crippen molar-refractivity contribution in [3.05, 3.63) is 52.5 Å². The van der Waals surface area contributed by atoms with Crippen LogP contribution in [-0.4, -0.2) is 19.6 Å². The van der Waals surface area contributed by atoms with E-state index in [0.717, 1.165) is 4.47 Å². The Morgan fingerprint density at radius 3 is 2.41 bits per heavy atom. The Morgan fingerprint density at radius 1 is 1.14 bits per heavy atom. The van der Waals surface area contributed by atoms with E-state index in [1.54, 1.807) is 24.3 Å². The number of hydrogen-bond acceptors (Lipinski definition) is 3. The first-order valence-electron chi connectivity index (χ1n) is 6.19. The summed E-state index contributed by atoms with van der Waals surface area (Å²) in [4.78, 5) is 12.1. The van der Waals surface area contributed by atoms with Crippen molar-refractivity contribution >= 4 is 27.5 Å². The molecule has 0 bridgehead atoms. The molecule has 1 N–H and O–H groups in total. The number of hydrogen-bond donors (Lipinski definition) is 1. The van der Waals surface area contributed by atoms with E-state index in [-0.39, 0.29) is 17.4 Å². The maximum absolute atomic E-state index is 12.4. The molecular formula is C15H12BrF2NO3. The quantitative estimate of drug-likeness (QED) is 0.851. The highest BCUT2D eigenvalue weighted by atomic mass is 79.9. The first-order chi connectivity index (χ1) is 10.5. The molecule has 0 fully saturated rings. The second-order valence-corrected chi connectivity index (χ2v) is 5.12. The maximum atomic E-state index is 12.4. The monoisotopic (exact) mass is 371 g/mol. The highest BCUT2D eigenvalue weighted by Crippen LogP contribution is 2.31. The van der Waals surface area contributed by atoms with Gasteiger partial charge in [0.05, 0.1) is 7.11 Å². The van der Waals surface area contributed by atoms with Crippen LogP contribution in [0.25, 0.3) is 0 Å². The average molecular weight is 372 g/mol. The molecule has 0 atom stereocenters. The molecule has 0 spiro atoms. The van der Waals surface area contributed by atoms with Gasteiger partial charge in [-0.3, -0.25) is 4.79 Å². The number of ether oxygens (including phenoxy) is 2. The van der Waals surface area contributed by atoms with Crippen LogP contribution in [0.15, 0.2) is 46.9 Å². The number of anilines is 1. The van der Waals surface area contributed by atoms with Crippen LogP contribution in [0.3, 0.4) is 0 Å². The van der Waals surface area contributed by atoms with Crippen LogP contribution < -0.4 is 14.8 Å². The van der Waals surface area contributed by atoms with Gasteiger partial charge in [-0.1, -0.05) is 15.9 Å². The lowest BCUT2D eigenvalue weighted by Gasteiger charge is -2.12. The smallest absolute Gasteiger partial charge is 0.387 e. The van der Waals surface area contributed by atoms with Crippen molar-refractivity contribution in [1.82, 2.24) is 0 Å². The molecule has 0 radical (unpaired) electrons. The Hall–Kier alpha value is -2.15. The third-order valence-corrected chi connectivity index (χ3v) is 3.27. The second kappa shape index (κ2) is 7.22. The van der Waals surface area contributed by atoms with Crippen LogP contribution in [0.2, 0.25) is 0 Å². The van der Waals surface area contributed by atoms with Crippen LogP contribution >= 0.6 is 15.9 Å². The summed E-state index contributed by atoms with van der Waals surface area (Å²) in [5.41, 5.74) is 0.764. The van der Waals surface area contributed by atoms with Gasteiger partial charge in [-0.15, -0.1) is 0 Å². The first-order valence-corrected chi connectivity index (χ1v) is 6.98. The molecule has 0 aliphatic carbocycles. The zero-order valence-corrected chi connectivity index (χ0v) is 13.1. The molecule has 2 rings (SSSR count). The molecular weight excluding hydrogens is 360 g/mol. The third kappa shape index (κ3) is 4.17. The minimum absolute atomic E-state index is 0.147. The Labute approximate surface area is 134 Å². The van der Waals surface area contributed by atoms with Gasteiger partial charge in [-0.25, -0.2) is 0 Å². The topological polar surface area (TPSA) is 47.6 Å². The number of halogens is 3. The fourth-order valence-electron chi connectivity index (χ4n) is 1.75. The summed E-state index contributed by atoms with van der Waals surface area (Å²) in [6, 6.07) is 11.0. The molecule has 0 aliphatic rings. The largest absolute Gasteiger partial charge is 0.493 e. The SMILES string of the molecule is COc1ccc(NC(=O)c2ccc(Br)cc2)cc1OC(F)F. The predicted octanol–water partition coefficient (Wildman–Crippen LogP) is 4.31. The van der Waals surface area contributed by atoms with Gasteiger partial charge >= 0.3 is 6.61 Å². The van der Waals surface area contributed by atoms with Gasteiger partial charge < -0.3 is 14.8 Å². The Bertz CT molecular complexity index is 662. The normalized spacial score (nSPS) is 10.4. The Kier molecular flexibility index (Phi) is 5.32. The Balaban J connectivity index is 2.18. The van der Waals surface area contributed by atoms with E-state index in [1.165, 1.54) is 25.3 Å². The lowest BCUT2D eigenvalue weighted by molar-refractivity contribution is -0.0511. The standard InChI is InChI=1S/C15H12BrF2NO3/c1-21-12-7-6-11(8-13(12)22-15(17)18)19-14(20)9-2-4-10(16)5-3-9/h2-8,15H,1H3,(H,19,20). The molecule has 0 saturated carbocycles. The van der Waals surface area contributed by atoms with E-state index in [2.05, 4.69) is 26.0 Å². The zero-order chi connectivity index (χ0) is 16.1. The van der Waals surface area contributed by atoms with Crippen molar-refractivity contribution in [3.8, 4) is 11.5 Å². The average Bonchev–Trinajstić information content (AvgIpc) is 2.47. The molecule has 22 heavy (non-hydrogen) atoms. The summed E-state index contributed by atoms with van der Waals surface area (Å²) < 4.78 is 34.9. The summed E-state index contributed by atoms with van der Waals surface area (Å²) >= 11 is 3.28. The van der Waals surface area contributed by atoms with Gasteiger partial charge in [0.25, 0.3) is 5.91 Å². The molecule has 1 amide bonds. The van der Waals surface area contributed by atoms with E-state index < -0.39 is 6.61 Å². The van der Waals surface area contributed by atoms with Gasteiger partial charge in [0.1, 0.15) is 0 Å². The Morgan fingerprint density at radius 2 is 1.82 bits per heavy atom. The maximum Gasteiger partial charge on any atom is 0.387 e. The van der Waals surface area contributed by atoms with Crippen molar-refractivity contribution in [2.24, 2.45) is 0 Å². The number of carbonyl (C=O) groups excluding carboxylic acids is 1. The van der Waals surface area contributed by atoms with Gasteiger partial charge in [0, 0.05) is 21.8 Å². The number of alkyl halides is 2. The van der Waals surface area contributed by atoms with Gasteiger partial charge in [0.2, 0.25) is 0 Å². The number of nitrogens with one attached hydrogen (secondary N) is 1. The summed E-state index contributed by atoms with van der Waals surface area (Å²) in [5.74, 6) is -0.353. The molecule has 0 saturated heterocycles. The van der Waals surface area contributed by atoms with Crippen LogP contribution in [-0.2, 0) is 0 Å². The van der Waals surface area contributed by atoms with Crippen LogP contribution in [0.1, 0.15) is 10.4 Å². The highest BCUT2D eigenvalue weighted by Gasteiger charge is 2.13. The number of benzene rings is 2. The van der Waals surface area contributed by atoms with Crippen molar-refractivity contribution in [1.29, 1.82) is 0 Å². The number of amides is 1. The lowest BCUT2D eigenvalue weighted by Crippen LogP contribution is -2.12. The predicted molar refractivity (Wildman–Crippen MR) is 81.7 cm³/mol. The van der Waals surface area contributed by atoms with E-state index in [1.807, 2.05) is 0 Å². The first kappa shape index (κ1) is 16.2. The number of methoxy groups -OCH3 is 1. The van der Waals surface area contributed by atoms with E-state index in [0.29, 0.717) is 11.3 Å². The minimum atomic E-state index is -2.98. The molecule has 4 nitrogen and oxygen atoms in total. The molecule has 0 heterocycles. The van der Waals surface area contributed by atoms with Crippen molar-refractivity contribution in [3.63, 3.8) is 0 Å². The van der Waals surface area contributed by atoms with E-state index >= 15 is 0 Å². The van der Waals surface area contributed by atoms with Crippen LogP contribution in [0.5, 0.6) is 11.5 Å². The summed E-state index contributed by atoms with van der Waals surface area (Å²) in [6.45, 7) is -2.98. The third-order valence-electron chi connectivity index (χ3n) is 2.74. The molecule has 2 aromatic rings. The molecule has 116 valence electrons. The van der Waals surface area contributed by atoms with Crippen LogP contribution in [0.4, 0.5) is 14.5 Å². The van der Waals surface area contributed by atoms with E-state index in [9.17, 15) is 13.6 Å². The van der Waals surface area contributed by atoms with Crippen molar-refractivity contribution in [2.75, 3.05) is 12.4 Å².